The molecule has 0 saturated carbocycles. The summed E-state index contributed by atoms with van der Waals surface area (Å²) in [6.07, 6.45) is 0. The maximum Gasteiger partial charge on any atom is 0.507 e. The molecule has 3 aromatic rings. The highest BCUT2D eigenvalue weighted by Gasteiger charge is 2.38. The molecule has 41 heavy (non-hydrogen) atoms. The van der Waals surface area contributed by atoms with Gasteiger partial charge in [0.15, 0.2) is 0 Å². The summed E-state index contributed by atoms with van der Waals surface area (Å²) in [7, 11) is 4.17. The molecular formula is C31H43NO6PS2+2. The van der Waals surface area contributed by atoms with Gasteiger partial charge < -0.3 is 14.2 Å². The van der Waals surface area contributed by atoms with Crippen LogP contribution in [0, 0.1) is 0 Å². The second-order valence-electron chi connectivity index (χ2n) is 9.19. The van der Waals surface area contributed by atoms with Gasteiger partial charge in [-0.1, -0.05) is 76.2 Å². The van der Waals surface area contributed by atoms with Crippen molar-refractivity contribution >= 4 is 30.2 Å². The number of hydrogen-bond acceptors (Lipinski definition) is 7. The number of nitrogens with zero attached hydrogens (tertiary/aromatic N) is 1. The fourth-order valence-corrected chi connectivity index (χ4v) is 7.46. The number of quaternary nitrogens is 1. The van der Waals surface area contributed by atoms with Gasteiger partial charge in [0.2, 0.25) is 0 Å². The van der Waals surface area contributed by atoms with E-state index in [9.17, 15) is 4.89 Å². The van der Waals surface area contributed by atoms with E-state index in [0.717, 1.165) is 53.6 Å². The van der Waals surface area contributed by atoms with Crippen molar-refractivity contribution in [1.29, 1.82) is 0 Å². The molecule has 3 rings (SSSR count). The Morgan fingerprint density at radius 2 is 1.15 bits per heavy atom. The minimum atomic E-state index is -2.54. The van der Waals surface area contributed by atoms with Crippen LogP contribution in [0.2, 0.25) is 0 Å². The Kier molecular flexibility index (Phi) is 14.2. The molecule has 0 aliphatic carbocycles. The average Bonchev–Trinajstić information content (AvgIpc) is 3.04. The monoisotopic (exact) mass is 620 g/mol. The highest BCUT2D eigenvalue weighted by molar-refractivity contribution is 8.76. The summed E-state index contributed by atoms with van der Waals surface area (Å²) in [5, 5.41) is 0. The number of hydrogen-bond donors (Lipinski definition) is 0. The van der Waals surface area contributed by atoms with Gasteiger partial charge in [-0.2, -0.15) is 4.52 Å². The molecule has 3 aromatic carbocycles. The van der Waals surface area contributed by atoms with Crippen LogP contribution in [0.1, 0.15) is 37.5 Å². The van der Waals surface area contributed by atoms with Gasteiger partial charge in [-0.05, 0) is 61.7 Å². The maximum atomic E-state index is 12.3. The van der Waals surface area contributed by atoms with Gasteiger partial charge in [0.25, 0.3) is 0 Å². The molecule has 1 atom stereocenters. The van der Waals surface area contributed by atoms with Crippen LogP contribution >= 0.6 is 30.2 Å². The standard InChI is InChI=1S/C31H43NO6PS2/c1-6-32(7-2,8-3)38-39(33)37-23-25-41-40-24-22-36-31(26-12-10-9-11-13-26,27-14-18-29(34-4)19-15-27)28-16-20-30(35-5)21-17-28/h9-21,39H,6-8,22-25H2,1-5H3/q+2. The first-order valence-corrected chi connectivity index (χ1v) is 17.6. The Morgan fingerprint density at radius 3 is 1.61 bits per heavy atom. The Bertz CT molecular complexity index is 1080. The van der Waals surface area contributed by atoms with Crippen molar-refractivity contribution in [1.82, 2.24) is 0 Å². The molecule has 7 nitrogen and oxygen atoms in total. The minimum Gasteiger partial charge on any atom is -0.497 e. The van der Waals surface area contributed by atoms with Crippen molar-refractivity contribution in [3.05, 3.63) is 95.6 Å². The molecule has 0 aliphatic heterocycles. The number of hydroxylamine groups is 3. The second kappa shape index (κ2) is 17.3. The zero-order chi connectivity index (χ0) is 29.6. The topological polar surface area (TPSA) is 66.1 Å². The van der Waals surface area contributed by atoms with Crippen LogP contribution in [0.15, 0.2) is 78.9 Å². The molecule has 0 saturated heterocycles. The van der Waals surface area contributed by atoms with Gasteiger partial charge in [0.05, 0.1) is 20.8 Å². The quantitative estimate of drug-likeness (QED) is 0.0341. The van der Waals surface area contributed by atoms with Crippen LogP contribution in [0.3, 0.4) is 0 Å². The molecule has 0 spiro atoms. The van der Waals surface area contributed by atoms with Crippen molar-refractivity contribution in [2.45, 2.75) is 26.4 Å². The molecular weight excluding hydrogens is 577 g/mol. The van der Waals surface area contributed by atoms with Crippen LogP contribution in [-0.2, 0) is 24.4 Å². The Labute approximate surface area is 254 Å². The molecule has 0 aromatic heterocycles. The third kappa shape index (κ3) is 9.09. The highest BCUT2D eigenvalue weighted by atomic mass is 33.1. The summed E-state index contributed by atoms with van der Waals surface area (Å²) in [6, 6.07) is 26.4. The molecule has 0 N–H and O–H groups in total. The first-order chi connectivity index (χ1) is 20.0. The van der Waals surface area contributed by atoms with E-state index in [2.05, 4.69) is 36.4 Å². The van der Waals surface area contributed by atoms with E-state index in [1.165, 1.54) is 0 Å². The molecule has 1 radical (unpaired) electrons. The van der Waals surface area contributed by atoms with Gasteiger partial charge in [-0.25, -0.2) is 0 Å². The summed E-state index contributed by atoms with van der Waals surface area (Å²) in [6.45, 7) is 9.26. The summed E-state index contributed by atoms with van der Waals surface area (Å²) < 4.78 is 29.3. The van der Waals surface area contributed by atoms with Crippen molar-refractivity contribution in [3.63, 3.8) is 0 Å². The van der Waals surface area contributed by atoms with E-state index in [0.29, 0.717) is 23.6 Å². The second-order valence-corrected chi connectivity index (χ2v) is 12.9. The maximum absolute atomic E-state index is 12.3. The molecule has 223 valence electrons. The lowest BCUT2D eigenvalue weighted by Crippen LogP contribution is -2.45. The zero-order valence-corrected chi connectivity index (χ0v) is 27.3. The molecule has 0 heterocycles. The Hall–Kier alpha value is -1.81. The van der Waals surface area contributed by atoms with Crippen LogP contribution in [0.4, 0.5) is 0 Å². The molecule has 1 unspecified atom stereocenters. The minimum absolute atomic E-state index is 0.350. The van der Waals surface area contributed by atoms with Crippen LogP contribution in [0.25, 0.3) is 0 Å². The van der Waals surface area contributed by atoms with Gasteiger partial charge in [-0.15, -0.1) is 4.65 Å². The van der Waals surface area contributed by atoms with Crippen LogP contribution in [0.5, 0.6) is 11.5 Å². The van der Waals surface area contributed by atoms with E-state index in [4.69, 9.17) is 23.4 Å². The SMILES string of the molecule is CC[N+](CC)(CC)O[PH+]([O])OCCSSCCOC(c1ccccc1)(c1ccc(OC)cc1)c1ccc(OC)cc1. The first-order valence-electron chi connectivity index (χ1n) is 13.9. The number of ether oxygens (including phenoxy) is 3. The van der Waals surface area contributed by atoms with Crippen LogP contribution < -0.4 is 9.47 Å². The largest absolute Gasteiger partial charge is 0.507 e. The normalized spacial score (nSPS) is 12.7. The summed E-state index contributed by atoms with van der Waals surface area (Å²) in [5.74, 6) is 3.04. The third-order valence-electron chi connectivity index (χ3n) is 7.13. The lowest BCUT2D eigenvalue weighted by atomic mass is 9.80. The third-order valence-corrected chi connectivity index (χ3v) is 10.4. The van der Waals surface area contributed by atoms with E-state index in [-0.39, 0.29) is 0 Å². The van der Waals surface area contributed by atoms with Gasteiger partial charge in [-0.3, -0.25) is 0 Å². The van der Waals surface area contributed by atoms with Crippen molar-refractivity contribution < 1.29 is 32.9 Å². The summed E-state index contributed by atoms with van der Waals surface area (Å²) in [5.41, 5.74) is 2.22. The number of methoxy groups -OCH3 is 2. The lowest BCUT2D eigenvalue weighted by molar-refractivity contribution is -1.08. The Balaban J connectivity index is 1.66. The van der Waals surface area contributed by atoms with E-state index in [1.54, 1.807) is 35.8 Å². The summed E-state index contributed by atoms with van der Waals surface area (Å²) in [4.78, 5) is 12.3. The fraction of sp³-hybridized carbons (Fsp3) is 0.419. The molecule has 0 fully saturated rings. The lowest BCUT2D eigenvalue weighted by Gasteiger charge is -2.36. The smallest absolute Gasteiger partial charge is 0.497 e. The Morgan fingerprint density at radius 1 is 0.683 bits per heavy atom. The van der Waals surface area contributed by atoms with Gasteiger partial charge in [0.1, 0.15) is 43.3 Å². The fourth-order valence-electron chi connectivity index (χ4n) is 4.63. The molecule has 0 bridgehead atoms. The summed E-state index contributed by atoms with van der Waals surface area (Å²) >= 11 is 0. The van der Waals surface area contributed by atoms with E-state index < -0.39 is 14.2 Å². The first kappa shape index (κ1) is 33.7. The van der Waals surface area contributed by atoms with Crippen molar-refractivity contribution in [2.75, 3.05) is 58.6 Å². The van der Waals surface area contributed by atoms with E-state index >= 15 is 0 Å². The zero-order valence-electron chi connectivity index (χ0n) is 24.7. The predicted octanol–water partition coefficient (Wildman–Crippen LogP) is 7.61. The predicted molar refractivity (Wildman–Crippen MR) is 171 cm³/mol. The molecule has 10 heteroatoms. The van der Waals surface area contributed by atoms with E-state index in [1.807, 2.05) is 63.2 Å². The van der Waals surface area contributed by atoms with Gasteiger partial charge >= 0.3 is 8.60 Å². The molecule has 0 amide bonds. The van der Waals surface area contributed by atoms with Crippen molar-refractivity contribution in [2.24, 2.45) is 0 Å². The highest BCUT2D eigenvalue weighted by Crippen LogP contribution is 2.42. The number of rotatable bonds is 19. The van der Waals surface area contributed by atoms with Crippen molar-refractivity contribution in [3.8, 4) is 11.5 Å². The molecule has 0 aliphatic rings. The average molecular weight is 621 g/mol. The van der Waals surface area contributed by atoms with Crippen LogP contribution in [-0.4, -0.2) is 63.2 Å². The van der Waals surface area contributed by atoms with Gasteiger partial charge in [0, 0.05) is 21.0 Å². The number of benzene rings is 3.